The molecule has 0 saturated carbocycles. The first kappa shape index (κ1) is 12.0. The summed E-state index contributed by atoms with van der Waals surface area (Å²) in [6.45, 7) is 8.04. The van der Waals surface area contributed by atoms with Gasteiger partial charge < -0.3 is 5.32 Å². The summed E-state index contributed by atoms with van der Waals surface area (Å²) >= 11 is 1.73. The summed E-state index contributed by atoms with van der Waals surface area (Å²) in [5.41, 5.74) is 1.90. The van der Waals surface area contributed by atoms with Crippen molar-refractivity contribution in [3.63, 3.8) is 0 Å². The average Bonchev–Trinajstić information content (AvgIpc) is 2.96. The second kappa shape index (κ2) is 5.75. The zero-order chi connectivity index (χ0) is 11.4. The van der Waals surface area contributed by atoms with E-state index >= 15 is 0 Å². The lowest BCUT2D eigenvalue weighted by Crippen LogP contribution is -2.38. The first-order chi connectivity index (χ1) is 7.81. The number of hydrogen-bond acceptors (Lipinski definition) is 4. The van der Waals surface area contributed by atoms with E-state index in [2.05, 4.69) is 29.0 Å². The molecule has 90 valence electrons. The largest absolute Gasteiger partial charge is 0.308 e. The average molecular weight is 239 g/mol. The lowest BCUT2D eigenvalue weighted by atomic mass is 10.2. The number of aromatic nitrogens is 1. The highest BCUT2D eigenvalue weighted by Crippen LogP contribution is 2.19. The Bertz CT molecular complexity index is 299. The molecule has 0 aromatic carbocycles. The molecule has 0 aliphatic carbocycles. The zero-order valence-electron chi connectivity index (χ0n) is 10.1. The van der Waals surface area contributed by atoms with Crippen LogP contribution in [-0.2, 0) is 0 Å². The SMILES string of the molecule is CCN1CCCC1CNC(C)c1cncs1. The molecule has 1 saturated heterocycles. The van der Waals surface area contributed by atoms with E-state index in [0.29, 0.717) is 6.04 Å². The smallest absolute Gasteiger partial charge is 0.0794 e. The lowest BCUT2D eigenvalue weighted by Gasteiger charge is -2.24. The van der Waals surface area contributed by atoms with E-state index in [1.54, 1.807) is 11.3 Å². The molecule has 2 atom stereocenters. The van der Waals surface area contributed by atoms with Crippen LogP contribution in [0.15, 0.2) is 11.7 Å². The van der Waals surface area contributed by atoms with Gasteiger partial charge in [-0.25, -0.2) is 0 Å². The number of rotatable bonds is 5. The van der Waals surface area contributed by atoms with Crippen molar-refractivity contribution < 1.29 is 0 Å². The van der Waals surface area contributed by atoms with Gasteiger partial charge in [-0.2, -0.15) is 0 Å². The minimum absolute atomic E-state index is 0.437. The summed E-state index contributed by atoms with van der Waals surface area (Å²) in [6, 6.07) is 1.17. The number of thiazole rings is 1. The van der Waals surface area contributed by atoms with Gasteiger partial charge in [0.15, 0.2) is 0 Å². The van der Waals surface area contributed by atoms with E-state index in [0.717, 1.165) is 12.6 Å². The number of nitrogens with zero attached hydrogens (tertiary/aromatic N) is 2. The number of nitrogens with one attached hydrogen (secondary N) is 1. The maximum atomic E-state index is 4.12. The molecule has 2 unspecified atom stereocenters. The van der Waals surface area contributed by atoms with Crippen molar-refractivity contribution in [2.75, 3.05) is 19.6 Å². The number of likely N-dealkylation sites (N-methyl/N-ethyl adjacent to an activating group) is 1. The summed E-state index contributed by atoms with van der Waals surface area (Å²) in [4.78, 5) is 8.03. The summed E-state index contributed by atoms with van der Waals surface area (Å²) in [5, 5.41) is 3.62. The fourth-order valence-corrected chi connectivity index (χ4v) is 3.05. The Hall–Kier alpha value is -0.450. The lowest BCUT2D eigenvalue weighted by molar-refractivity contribution is 0.255. The van der Waals surface area contributed by atoms with Crippen molar-refractivity contribution >= 4 is 11.3 Å². The second-order valence-electron chi connectivity index (χ2n) is 4.46. The van der Waals surface area contributed by atoms with Gasteiger partial charge >= 0.3 is 0 Å². The normalized spacial score (nSPS) is 23.8. The van der Waals surface area contributed by atoms with Crippen LogP contribution in [0.25, 0.3) is 0 Å². The predicted molar refractivity (Wildman–Crippen MR) is 68.8 cm³/mol. The van der Waals surface area contributed by atoms with E-state index in [9.17, 15) is 0 Å². The molecule has 0 bridgehead atoms. The topological polar surface area (TPSA) is 28.2 Å². The van der Waals surface area contributed by atoms with Gasteiger partial charge in [-0.1, -0.05) is 6.92 Å². The fourth-order valence-electron chi connectivity index (χ4n) is 2.40. The van der Waals surface area contributed by atoms with Gasteiger partial charge in [0, 0.05) is 29.7 Å². The molecule has 0 spiro atoms. The van der Waals surface area contributed by atoms with Gasteiger partial charge in [0.1, 0.15) is 0 Å². The number of likely N-dealkylation sites (tertiary alicyclic amines) is 1. The van der Waals surface area contributed by atoms with E-state index in [-0.39, 0.29) is 0 Å². The molecule has 1 aliphatic rings. The van der Waals surface area contributed by atoms with Crippen LogP contribution in [0, 0.1) is 0 Å². The van der Waals surface area contributed by atoms with Gasteiger partial charge in [0.2, 0.25) is 0 Å². The van der Waals surface area contributed by atoms with Crippen molar-refractivity contribution in [1.29, 1.82) is 0 Å². The molecule has 1 fully saturated rings. The van der Waals surface area contributed by atoms with Gasteiger partial charge in [-0.3, -0.25) is 9.88 Å². The Labute approximate surface area is 102 Å². The Balaban J connectivity index is 1.78. The maximum Gasteiger partial charge on any atom is 0.0794 e. The monoisotopic (exact) mass is 239 g/mol. The molecule has 0 amide bonds. The number of hydrogen-bond donors (Lipinski definition) is 1. The minimum atomic E-state index is 0.437. The van der Waals surface area contributed by atoms with Crippen LogP contribution in [-0.4, -0.2) is 35.6 Å². The Morgan fingerprint density at radius 2 is 2.56 bits per heavy atom. The quantitative estimate of drug-likeness (QED) is 0.854. The molecule has 3 nitrogen and oxygen atoms in total. The van der Waals surface area contributed by atoms with Crippen LogP contribution in [0.2, 0.25) is 0 Å². The molecule has 0 radical (unpaired) electrons. The fraction of sp³-hybridized carbons (Fsp3) is 0.750. The van der Waals surface area contributed by atoms with Gasteiger partial charge in [-0.05, 0) is 32.9 Å². The summed E-state index contributed by atoms with van der Waals surface area (Å²) < 4.78 is 0. The molecule has 4 heteroatoms. The van der Waals surface area contributed by atoms with Crippen LogP contribution in [0.1, 0.15) is 37.6 Å². The van der Waals surface area contributed by atoms with Gasteiger partial charge in [-0.15, -0.1) is 11.3 Å². The van der Waals surface area contributed by atoms with Crippen LogP contribution >= 0.6 is 11.3 Å². The second-order valence-corrected chi connectivity index (χ2v) is 5.38. The van der Waals surface area contributed by atoms with Gasteiger partial charge in [0.25, 0.3) is 0 Å². The maximum absolute atomic E-state index is 4.12. The highest BCUT2D eigenvalue weighted by atomic mass is 32.1. The third-order valence-electron chi connectivity index (χ3n) is 3.44. The standard InChI is InChI=1S/C12H21N3S/c1-3-15-6-4-5-11(15)7-14-10(2)12-8-13-9-16-12/h8-11,14H,3-7H2,1-2H3. The Morgan fingerprint density at radius 3 is 3.25 bits per heavy atom. The summed E-state index contributed by atoms with van der Waals surface area (Å²) in [5.74, 6) is 0. The van der Waals surface area contributed by atoms with Crippen LogP contribution in [0.4, 0.5) is 0 Å². The van der Waals surface area contributed by atoms with E-state index in [1.807, 2.05) is 11.7 Å². The van der Waals surface area contributed by atoms with E-state index in [1.165, 1.54) is 30.8 Å². The molecule has 1 aromatic rings. The minimum Gasteiger partial charge on any atom is -0.308 e. The first-order valence-electron chi connectivity index (χ1n) is 6.17. The van der Waals surface area contributed by atoms with Crippen molar-refractivity contribution in [2.45, 2.75) is 38.8 Å². The highest BCUT2D eigenvalue weighted by Gasteiger charge is 2.23. The molecule has 1 aliphatic heterocycles. The molecule has 1 aromatic heterocycles. The van der Waals surface area contributed by atoms with Crippen molar-refractivity contribution in [1.82, 2.24) is 15.2 Å². The Morgan fingerprint density at radius 1 is 1.69 bits per heavy atom. The molecule has 2 rings (SSSR count). The highest BCUT2D eigenvalue weighted by molar-refractivity contribution is 7.09. The Kier molecular flexibility index (Phi) is 4.32. The van der Waals surface area contributed by atoms with Crippen LogP contribution < -0.4 is 5.32 Å². The summed E-state index contributed by atoms with van der Waals surface area (Å²) in [6.07, 6.45) is 4.67. The third-order valence-corrected chi connectivity index (χ3v) is 4.40. The van der Waals surface area contributed by atoms with Crippen molar-refractivity contribution in [3.8, 4) is 0 Å². The third kappa shape index (κ3) is 2.81. The molecule has 16 heavy (non-hydrogen) atoms. The van der Waals surface area contributed by atoms with Crippen molar-refractivity contribution in [2.24, 2.45) is 0 Å². The summed E-state index contributed by atoms with van der Waals surface area (Å²) in [7, 11) is 0. The van der Waals surface area contributed by atoms with Crippen LogP contribution in [0.5, 0.6) is 0 Å². The zero-order valence-corrected chi connectivity index (χ0v) is 11.0. The molecular weight excluding hydrogens is 218 g/mol. The van der Waals surface area contributed by atoms with Crippen molar-refractivity contribution in [3.05, 3.63) is 16.6 Å². The van der Waals surface area contributed by atoms with Gasteiger partial charge in [0.05, 0.1) is 5.51 Å². The van der Waals surface area contributed by atoms with E-state index < -0.39 is 0 Å². The van der Waals surface area contributed by atoms with Crippen LogP contribution in [0.3, 0.4) is 0 Å². The first-order valence-corrected chi connectivity index (χ1v) is 7.05. The molecule has 1 N–H and O–H groups in total. The predicted octanol–water partition coefficient (Wildman–Crippen LogP) is 2.28. The molecular formula is C12H21N3S. The molecule has 2 heterocycles. The van der Waals surface area contributed by atoms with E-state index in [4.69, 9.17) is 0 Å².